The summed E-state index contributed by atoms with van der Waals surface area (Å²) < 4.78 is 36.7. The Balaban J connectivity index is 1.42. The Labute approximate surface area is 392 Å². The fourth-order valence-electron chi connectivity index (χ4n) is 10.7. The fraction of sp³-hybridized carbons (Fsp3) is 0.460. The third-order valence-corrected chi connectivity index (χ3v) is 14.1. The third-order valence-electron chi connectivity index (χ3n) is 14.1. The molecule has 3 aliphatic carbocycles. The van der Waals surface area contributed by atoms with Gasteiger partial charge in [0.05, 0.1) is 36.2 Å². The van der Waals surface area contributed by atoms with E-state index in [0.29, 0.717) is 5.56 Å². The number of ketones is 1. The van der Waals surface area contributed by atoms with Crippen LogP contribution in [-0.4, -0.2) is 125 Å². The van der Waals surface area contributed by atoms with Crippen molar-refractivity contribution in [1.29, 1.82) is 0 Å². The normalized spacial score (nSPS) is 29.9. The van der Waals surface area contributed by atoms with E-state index in [4.69, 9.17) is 28.4 Å². The van der Waals surface area contributed by atoms with Gasteiger partial charge < -0.3 is 54.4 Å². The number of aliphatic hydroxyl groups is 3. The minimum atomic E-state index is -2.48. The number of esters is 4. The molecule has 2 bridgehead atoms. The molecular formula is C50H56N2O16. The van der Waals surface area contributed by atoms with Crippen molar-refractivity contribution in [2.45, 2.75) is 108 Å². The molecule has 4 aliphatic rings. The largest absolute Gasteiger partial charge is 0.456 e. The van der Waals surface area contributed by atoms with E-state index in [9.17, 15) is 44.1 Å². The number of benzene rings is 3. The molecule has 11 atom stereocenters. The predicted molar refractivity (Wildman–Crippen MR) is 237 cm³/mol. The number of Topliss-reactive ketones (excluding diaryl/α,β-unsaturated/α-hetero) is 1. The van der Waals surface area contributed by atoms with Crippen LogP contribution in [0.1, 0.15) is 86.7 Å². The van der Waals surface area contributed by atoms with E-state index in [1.54, 1.807) is 78.9 Å². The lowest BCUT2D eigenvalue weighted by atomic mass is 9.44. The average molecular weight is 941 g/mol. The van der Waals surface area contributed by atoms with Crippen molar-refractivity contribution in [3.8, 4) is 0 Å². The number of hydrogen-bond acceptors (Lipinski definition) is 16. The number of carbonyl (C=O) groups excluding carboxylic acids is 7. The van der Waals surface area contributed by atoms with Gasteiger partial charge in [0.15, 0.2) is 23.6 Å². The van der Waals surface area contributed by atoms with Crippen LogP contribution in [-0.2, 0) is 47.6 Å². The Hall–Kier alpha value is -6.47. The van der Waals surface area contributed by atoms with E-state index in [1.807, 2.05) is 0 Å². The number of hydrogen-bond donors (Lipinski definition) is 5. The maximum Gasteiger partial charge on any atom is 0.407 e. The zero-order valence-corrected chi connectivity index (χ0v) is 38.5. The summed E-state index contributed by atoms with van der Waals surface area (Å²) in [6, 6.07) is 22.7. The smallest absolute Gasteiger partial charge is 0.407 e. The highest BCUT2D eigenvalue weighted by Gasteiger charge is 2.79. The number of carbonyl (C=O) groups is 7. The van der Waals surface area contributed by atoms with Gasteiger partial charge in [-0.25, -0.2) is 14.4 Å². The predicted octanol–water partition coefficient (Wildman–Crippen LogP) is 3.46. The first-order chi connectivity index (χ1) is 32.2. The number of ether oxygens (including phenoxy) is 6. The van der Waals surface area contributed by atoms with Gasteiger partial charge >= 0.3 is 30.0 Å². The van der Waals surface area contributed by atoms with Crippen LogP contribution in [0.2, 0.25) is 0 Å². The SMILES string of the molecule is CC(=O)O[C@H]1C(=O)[C@]2(C)[C@@H](OC(=O)NCCO)C[C@H]3OC[C@@]3(OC(C)=O)[C@H]2[C@H](OC(=O)c2ccccc2)[C@]2(O)C[C@H](OC(=O)[C@H](O)[C@@H](NC(=O)c3ccccc3)c3ccccc3)C(C)=C1C2(C)C. The van der Waals surface area contributed by atoms with Gasteiger partial charge in [-0.05, 0) is 54.8 Å². The molecule has 362 valence electrons. The molecule has 3 fully saturated rings. The van der Waals surface area contributed by atoms with Crippen molar-refractivity contribution in [2.75, 3.05) is 19.8 Å². The zero-order chi connectivity index (χ0) is 49.3. The molecule has 18 heteroatoms. The van der Waals surface area contributed by atoms with E-state index < -0.39 is 125 Å². The molecule has 7 rings (SSSR count). The highest BCUT2D eigenvalue weighted by molar-refractivity contribution is 5.96. The lowest BCUT2D eigenvalue weighted by molar-refractivity contribution is -0.345. The Morgan fingerprint density at radius 1 is 0.824 bits per heavy atom. The standard InChI is InChI=1S/C50H56N2O16/c1-27-33(65-45(60)38(56)37(30-16-10-7-11-17-30)52-43(58)31-18-12-8-13-19-31)25-50(62)42(67-44(59)32-20-14-9-15-21-32)40-48(6,41(57)39(64-28(2)54)36(27)47(50,4)5)34(66-46(61)51-22-23-53)24-35-49(40,26-63-35)68-29(3)55/h7-21,33-35,37-40,42,53,56,62H,22-26H2,1-6H3,(H,51,61)(H,52,58)/t33-,34-,35+,37-,38+,39+,40-,42-,48+,49-,50+/m0/s1. The number of fused-ring (bicyclic) bond motifs is 5. The molecular weight excluding hydrogens is 885 g/mol. The molecule has 1 saturated heterocycles. The van der Waals surface area contributed by atoms with Crippen LogP contribution in [0.3, 0.4) is 0 Å². The van der Waals surface area contributed by atoms with Crippen LogP contribution in [0.15, 0.2) is 102 Å². The van der Waals surface area contributed by atoms with Crippen molar-refractivity contribution in [2.24, 2.45) is 16.7 Å². The van der Waals surface area contributed by atoms with Gasteiger partial charge in [0.25, 0.3) is 5.91 Å². The Morgan fingerprint density at radius 2 is 1.43 bits per heavy atom. The van der Waals surface area contributed by atoms with Gasteiger partial charge in [-0.15, -0.1) is 0 Å². The number of rotatable bonds is 13. The van der Waals surface area contributed by atoms with Crippen LogP contribution >= 0.6 is 0 Å². The van der Waals surface area contributed by atoms with Crippen molar-refractivity contribution >= 4 is 41.7 Å². The topological polar surface area (TPSA) is 260 Å². The fourth-order valence-corrected chi connectivity index (χ4v) is 10.7. The first-order valence-electron chi connectivity index (χ1n) is 22.3. The molecule has 0 spiro atoms. The second kappa shape index (κ2) is 19.3. The lowest BCUT2D eigenvalue weighted by Gasteiger charge is -2.67. The minimum absolute atomic E-state index is 0.0232. The summed E-state index contributed by atoms with van der Waals surface area (Å²) in [5, 5.41) is 40.4. The highest BCUT2D eigenvalue weighted by atomic mass is 16.6. The lowest BCUT2D eigenvalue weighted by Crippen LogP contribution is -2.82. The van der Waals surface area contributed by atoms with Gasteiger partial charge in [0, 0.05) is 44.2 Å². The molecule has 3 aromatic rings. The molecule has 2 saturated carbocycles. The molecule has 1 heterocycles. The Bertz CT molecular complexity index is 2460. The molecule has 3 aromatic carbocycles. The van der Waals surface area contributed by atoms with Crippen molar-refractivity contribution in [3.63, 3.8) is 0 Å². The molecule has 18 nitrogen and oxygen atoms in total. The number of aliphatic hydroxyl groups excluding tert-OH is 2. The summed E-state index contributed by atoms with van der Waals surface area (Å²) >= 11 is 0. The van der Waals surface area contributed by atoms with Crippen molar-refractivity contribution in [1.82, 2.24) is 10.6 Å². The van der Waals surface area contributed by atoms with Gasteiger partial charge in [-0.1, -0.05) is 80.6 Å². The molecule has 0 aromatic heterocycles. The Morgan fingerprint density at radius 3 is 1.99 bits per heavy atom. The van der Waals surface area contributed by atoms with Crippen molar-refractivity contribution in [3.05, 3.63) is 119 Å². The van der Waals surface area contributed by atoms with Crippen molar-refractivity contribution < 1.29 is 77.3 Å². The molecule has 68 heavy (non-hydrogen) atoms. The summed E-state index contributed by atoms with van der Waals surface area (Å²) in [7, 11) is 0. The number of alkyl carbamates (subject to hydrolysis) is 1. The minimum Gasteiger partial charge on any atom is -0.456 e. The monoisotopic (exact) mass is 940 g/mol. The van der Waals surface area contributed by atoms with Gasteiger partial charge in [-0.2, -0.15) is 0 Å². The summed E-state index contributed by atoms with van der Waals surface area (Å²) in [6.07, 6.45) is -12.1. The summed E-state index contributed by atoms with van der Waals surface area (Å²) in [6.45, 7) is 7.06. The molecule has 1 aliphatic heterocycles. The quantitative estimate of drug-likeness (QED) is 0.0934. The van der Waals surface area contributed by atoms with E-state index in [0.717, 1.165) is 13.8 Å². The number of nitrogens with one attached hydrogen (secondary N) is 2. The van der Waals surface area contributed by atoms with E-state index in [-0.39, 0.29) is 41.8 Å². The molecule has 5 N–H and O–H groups in total. The zero-order valence-electron chi connectivity index (χ0n) is 38.5. The third kappa shape index (κ3) is 8.77. The van der Waals surface area contributed by atoms with Crippen LogP contribution < -0.4 is 10.6 Å². The summed E-state index contributed by atoms with van der Waals surface area (Å²) in [5.41, 5.74) is -7.62. The second-order valence-electron chi connectivity index (χ2n) is 18.4. The van der Waals surface area contributed by atoms with Crippen LogP contribution in [0, 0.1) is 16.7 Å². The maximum atomic E-state index is 16.0. The van der Waals surface area contributed by atoms with Crippen LogP contribution in [0.25, 0.3) is 0 Å². The van der Waals surface area contributed by atoms with Gasteiger partial charge in [-0.3, -0.25) is 19.2 Å². The highest BCUT2D eigenvalue weighted by Crippen LogP contribution is 2.65. The van der Waals surface area contributed by atoms with Crippen LogP contribution in [0.4, 0.5) is 4.79 Å². The van der Waals surface area contributed by atoms with E-state index >= 15 is 4.79 Å². The summed E-state index contributed by atoms with van der Waals surface area (Å²) in [5.74, 6) is -7.23. The van der Waals surface area contributed by atoms with Gasteiger partial charge in [0.1, 0.15) is 30.0 Å². The molecule has 0 radical (unpaired) electrons. The van der Waals surface area contributed by atoms with E-state index in [2.05, 4.69) is 10.6 Å². The first-order valence-corrected chi connectivity index (χ1v) is 22.3. The number of amides is 2. The summed E-state index contributed by atoms with van der Waals surface area (Å²) in [4.78, 5) is 98.3. The Kier molecular flexibility index (Phi) is 14.0. The average Bonchev–Trinajstić information content (AvgIpc) is 3.30. The second-order valence-corrected chi connectivity index (χ2v) is 18.4. The maximum absolute atomic E-state index is 16.0. The molecule has 2 amide bonds. The van der Waals surface area contributed by atoms with Gasteiger partial charge in [0.2, 0.25) is 0 Å². The van der Waals surface area contributed by atoms with Crippen LogP contribution in [0.5, 0.6) is 0 Å². The first kappa shape index (κ1) is 49.4. The molecule has 0 unspecified atom stereocenters. The van der Waals surface area contributed by atoms with E-state index in [1.165, 1.54) is 39.8 Å².